The summed E-state index contributed by atoms with van der Waals surface area (Å²) in [6, 6.07) is 62.1. The monoisotopic (exact) mass is 818 g/mol. The van der Waals surface area contributed by atoms with Gasteiger partial charge in [-0.25, -0.2) is 0 Å². The quantitative estimate of drug-likeness (QED) is 0.106. The van der Waals surface area contributed by atoms with Crippen molar-refractivity contribution in [2.45, 2.75) is 64.5 Å². The van der Waals surface area contributed by atoms with E-state index in [1.165, 1.54) is 129 Å². The van der Waals surface area contributed by atoms with Crippen LogP contribution in [0.15, 0.2) is 170 Å². The third-order valence-corrected chi connectivity index (χ3v) is 11.7. The van der Waals surface area contributed by atoms with Gasteiger partial charge in [-0.05, 0) is 35.8 Å². The van der Waals surface area contributed by atoms with Gasteiger partial charge >= 0.3 is 26.2 Å². The molecule has 0 aromatic heterocycles. The molecular weight excluding hydrogens is 768 g/mol. The zero-order valence-corrected chi connectivity index (χ0v) is 36.4. The summed E-state index contributed by atoms with van der Waals surface area (Å²) in [5, 5.41) is 5.58. The van der Waals surface area contributed by atoms with E-state index in [2.05, 4.69) is 183 Å². The minimum absolute atomic E-state index is 0. The minimum Gasteiger partial charge on any atom is -0.164 e. The van der Waals surface area contributed by atoms with E-state index < -0.39 is 0 Å². The van der Waals surface area contributed by atoms with Crippen molar-refractivity contribution in [2.75, 3.05) is 0 Å². The van der Waals surface area contributed by atoms with Gasteiger partial charge in [0.25, 0.3) is 0 Å². The van der Waals surface area contributed by atoms with Crippen molar-refractivity contribution in [2.24, 2.45) is 11.8 Å². The van der Waals surface area contributed by atoms with E-state index in [1.54, 1.807) is 0 Å². The van der Waals surface area contributed by atoms with Crippen LogP contribution < -0.4 is 0 Å². The van der Waals surface area contributed by atoms with Crippen LogP contribution in [0.1, 0.15) is 49.7 Å². The van der Waals surface area contributed by atoms with E-state index in [-0.39, 0.29) is 26.2 Å². The van der Waals surface area contributed by atoms with Gasteiger partial charge in [-0.2, -0.15) is 12.1 Å². The fourth-order valence-corrected chi connectivity index (χ4v) is 8.49. The Morgan fingerprint density at radius 1 is 0.429 bits per heavy atom. The molecule has 8 aromatic carbocycles. The first-order valence-electron chi connectivity index (χ1n) is 20.4. The maximum absolute atomic E-state index is 2.45. The van der Waals surface area contributed by atoms with E-state index >= 15 is 0 Å². The van der Waals surface area contributed by atoms with Crippen molar-refractivity contribution >= 4 is 31.1 Å². The molecule has 0 unspecified atom stereocenters. The largest absolute Gasteiger partial charge is 2.00 e. The molecule has 10 rings (SSSR count). The Hall–Kier alpha value is -4.36. The predicted octanol–water partition coefficient (Wildman–Crippen LogP) is 15.3. The summed E-state index contributed by atoms with van der Waals surface area (Å²) in [6.07, 6.45) is 10.9. The second kappa shape index (κ2) is 19.2. The van der Waals surface area contributed by atoms with Crippen LogP contribution >= 0.6 is 0 Å². The van der Waals surface area contributed by atoms with Gasteiger partial charge in [0.1, 0.15) is 0 Å². The molecule has 0 nitrogen and oxygen atoms in total. The molecule has 2 aliphatic carbocycles. The van der Waals surface area contributed by atoms with Crippen molar-refractivity contribution in [3.8, 4) is 44.5 Å². The van der Waals surface area contributed by atoms with E-state index in [1.807, 2.05) is 0 Å². The van der Waals surface area contributed by atoms with Crippen molar-refractivity contribution in [1.29, 1.82) is 0 Å². The molecule has 0 spiro atoms. The molecule has 276 valence electrons. The number of benzene rings is 6. The molecule has 2 saturated carbocycles. The Bertz CT molecular complexity index is 2090. The zero-order valence-electron chi connectivity index (χ0n) is 33.0. The van der Waals surface area contributed by atoms with Crippen LogP contribution in [-0.4, -0.2) is 9.52 Å². The molecule has 0 saturated heterocycles. The van der Waals surface area contributed by atoms with Crippen molar-refractivity contribution in [3.05, 3.63) is 181 Å². The Balaban J connectivity index is 0.000000158. The van der Waals surface area contributed by atoms with Gasteiger partial charge in [0.05, 0.1) is 0 Å². The Morgan fingerprint density at radius 2 is 0.714 bits per heavy atom. The van der Waals surface area contributed by atoms with E-state index in [4.69, 9.17) is 0 Å². The van der Waals surface area contributed by atoms with Crippen molar-refractivity contribution in [1.82, 2.24) is 0 Å². The second-order valence-corrected chi connectivity index (χ2v) is 16.7. The summed E-state index contributed by atoms with van der Waals surface area (Å²) < 4.78 is 0. The first kappa shape index (κ1) is 39.9. The van der Waals surface area contributed by atoms with E-state index in [9.17, 15) is 0 Å². The Labute approximate surface area is 356 Å². The summed E-state index contributed by atoms with van der Waals surface area (Å²) in [5.41, 5.74) is 13.6. The summed E-state index contributed by atoms with van der Waals surface area (Å²) in [5.74, 6) is 1.79. The molecular formula is C54H52SiZr. The van der Waals surface area contributed by atoms with Gasteiger partial charge in [-0.1, -0.05) is 231 Å². The summed E-state index contributed by atoms with van der Waals surface area (Å²) in [7, 11) is 1.08. The fraction of sp³-hybridized carbons (Fsp3) is 0.222. The predicted molar refractivity (Wildman–Crippen MR) is 240 cm³/mol. The first-order valence-corrected chi connectivity index (χ1v) is 22.4. The summed E-state index contributed by atoms with van der Waals surface area (Å²) >= 11 is 0. The molecule has 0 heterocycles. The van der Waals surface area contributed by atoms with Gasteiger partial charge in [0.2, 0.25) is 0 Å². The van der Waals surface area contributed by atoms with Crippen LogP contribution in [0.2, 0.25) is 13.1 Å². The topological polar surface area (TPSA) is 0 Å². The van der Waals surface area contributed by atoms with Crippen LogP contribution in [0, 0.1) is 11.8 Å². The molecule has 2 radical (unpaired) electrons. The van der Waals surface area contributed by atoms with Crippen LogP contribution in [0.25, 0.3) is 66.1 Å². The maximum Gasteiger partial charge on any atom is 2.00 e. The van der Waals surface area contributed by atoms with Crippen LogP contribution in [-0.2, 0) is 39.0 Å². The van der Waals surface area contributed by atoms with E-state index in [0.717, 1.165) is 21.4 Å². The smallest absolute Gasteiger partial charge is 0.164 e. The molecule has 0 amide bonds. The molecule has 56 heavy (non-hydrogen) atoms. The third-order valence-electron chi connectivity index (χ3n) is 11.7. The van der Waals surface area contributed by atoms with Crippen molar-refractivity contribution in [3.63, 3.8) is 0 Å². The standard InChI is InChI=1S/2C26H23.C2H6Si.Zr/c2*1-3-10-21(11-4-1)23-14-15-24(22-12-5-2-6-13-22)26-18-20(17-25(23)26)16-19-8-7-9-19;1-3-2;/h2*1-6,10-15,17-19H,7-9,16H2;1-2H3;/q2*-1;;+2. The number of fused-ring (bicyclic) bond motifs is 2. The van der Waals surface area contributed by atoms with Crippen LogP contribution in [0.4, 0.5) is 0 Å². The SMILES string of the molecule is C[Si]C.[Zr+2].c1ccc(-c2ccc(-c3ccccc3)c3[cH-]c(CC4CCC4)cc23)cc1.c1ccc(-c2ccc(-c3ccccc3)c3[cH-]c(CC4CCC4)cc23)cc1. The molecule has 0 bridgehead atoms. The number of hydrogen-bond acceptors (Lipinski definition) is 0. The maximum atomic E-state index is 2.45. The van der Waals surface area contributed by atoms with Gasteiger partial charge in [0, 0.05) is 9.52 Å². The van der Waals surface area contributed by atoms with Crippen LogP contribution in [0.5, 0.6) is 0 Å². The molecule has 0 aliphatic heterocycles. The van der Waals surface area contributed by atoms with E-state index in [0.29, 0.717) is 0 Å². The molecule has 2 heteroatoms. The molecule has 0 atom stereocenters. The Morgan fingerprint density at radius 3 is 1.00 bits per heavy atom. The molecule has 8 aromatic rings. The number of rotatable bonds is 8. The molecule has 0 N–H and O–H groups in total. The Kier molecular flexibility index (Phi) is 13.7. The minimum atomic E-state index is 0. The summed E-state index contributed by atoms with van der Waals surface area (Å²) in [4.78, 5) is 0. The number of hydrogen-bond donors (Lipinski definition) is 0. The average Bonchev–Trinajstić information content (AvgIpc) is 3.84. The van der Waals surface area contributed by atoms with Gasteiger partial charge in [-0.15, -0.1) is 44.8 Å². The zero-order chi connectivity index (χ0) is 37.4. The molecule has 2 aliphatic rings. The second-order valence-electron chi connectivity index (χ2n) is 15.7. The van der Waals surface area contributed by atoms with Gasteiger partial charge < -0.3 is 0 Å². The first-order chi connectivity index (χ1) is 27.2. The van der Waals surface area contributed by atoms with Gasteiger partial charge in [0.15, 0.2) is 0 Å². The normalized spacial score (nSPS) is 13.8. The molecule has 2 fully saturated rings. The average molecular weight is 820 g/mol. The van der Waals surface area contributed by atoms with Gasteiger partial charge in [-0.3, -0.25) is 0 Å². The van der Waals surface area contributed by atoms with Crippen LogP contribution in [0.3, 0.4) is 0 Å². The fourth-order valence-electron chi connectivity index (χ4n) is 8.49. The van der Waals surface area contributed by atoms with Crippen molar-refractivity contribution < 1.29 is 26.2 Å². The third kappa shape index (κ3) is 9.09. The summed E-state index contributed by atoms with van der Waals surface area (Å²) in [6.45, 7) is 4.31.